The molecule has 1 aliphatic carbocycles. The molecule has 6 heteroatoms. The second-order valence-corrected chi connectivity index (χ2v) is 7.66. The van der Waals surface area contributed by atoms with Gasteiger partial charge in [-0.25, -0.2) is 14.4 Å². The van der Waals surface area contributed by atoms with Gasteiger partial charge in [0.2, 0.25) is 5.82 Å². The second kappa shape index (κ2) is 8.14. The lowest BCUT2D eigenvalue weighted by molar-refractivity contribution is 0.0922. The maximum Gasteiger partial charge on any atom is 0.289 e. The van der Waals surface area contributed by atoms with Crippen LogP contribution in [0.25, 0.3) is 10.9 Å². The van der Waals surface area contributed by atoms with E-state index in [0.29, 0.717) is 17.0 Å². The molecule has 5 rings (SSSR count). The Kier molecular flexibility index (Phi) is 5.04. The van der Waals surface area contributed by atoms with Gasteiger partial charge in [0, 0.05) is 11.1 Å². The Morgan fingerprint density at radius 1 is 0.935 bits per heavy atom. The van der Waals surface area contributed by atoms with Crippen LogP contribution in [0.4, 0.5) is 15.9 Å². The van der Waals surface area contributed by atoms with Crippen LogP contribution < -0.4 is 10.6 Å². The number of nitrogens with one attached hydrogen (secondary N) is 2. The molecule has 2 N–H and O–H groups in total. The molecule has 4 aromatic rings. The summed E-state index contributed by atoms with van der Waals surface area (Å²) >= 11 is 0. The average molecular weight is 412 g/mol. The zero-order valence-electron chi connectivity index (χ0n) is 16.8. The molecule has 0 fully saturated rings. The van der Waals surface area contributed by atoms with E-state index in [4.69, 9.17) is 0 Å². The normalized spacial score (nSPS) is 15.3. The number of benzene rings is 3. The summed E-state index contributed by atoms with van der Waals surface area (Å²) in [6.45, 7) is 0. The molecule has 1 aliphatic rings. The fraction of sp³-hybridized carbons (Fsp3) is 0.160. The molecular formula is C25H21FN4O. The molecule has 0 bridgehead atoms. The van der Waals surface area contributed by atoms with E-state index < -0.39 is 0 Å². The van der Waals surface area contributed by atoms with Gasteiger partial charge in [0.05, 0.1) is 11.6 Å². The van der Waals surface area contributed by atoms with Crippen LogP contribution in [-0.2, 0) is 6.42 Å². The average Bonchev–Trinajstić information content (AvgIpc) is 2.80. The van der Waals surface area contributed by atoms with Crippen molar-refractivity contribution in [2.75, 3.05) is 5.32 Å². The fourth-order valence-electron chi connectivity index (χ4n) is 4.07. The Balaban J connectivity index is 1.47. The van der Waals surface area contributed by atoms with Gasteiger partial charge in [-0.1, -0.05) is 36.4 Å². The van der Waals surface area contributed by atoms with Crippen molar-refractivity contribution in [2.24, 2.45) is 0 Å². The van der Waals surface area contributed by atoms with Crippen molar-refractivity contribution >= 4 is 28.3 Å². The van der Waals surface area contributed by atoms with Crippen LogP contribution in [0, 0.1) is 5.82 Å². The third kappa shape index (κ3) is 3.97. The van der Waals surface area contributed by atoms with Gasteiger partial charge in [-0.3, -0.25) is 4.79 Å². The zero-order chi connectivity index (χ0) is 21.2. The number of rotatable bonds is 4. The summed E-state index contributed by atoms with van der Waals surface area (Å²) in [5.74, 6) is -0.0155. The number of nitrogens with zero attached hydrogens (tertiary/aromatic N) is 2. The van der Waals surface area contributed by atoms with Crippen molar-refractivity contribution in [3.8, 4) is 0 Å². The summed E-state index contributed by atoms with van der Waals surface area (Å²) in [6.07, 6.45) is 2.94. The zero-order valence-corrected chi connectivity index (χ0v) is 16.8. The van der Waals surface area contributed by atoms with E-state index in [2.05, 4.69) is 32.7 Å². The van der Waals surface area contributed by atoms with Gasteiger partial charge < -0.3 is 10.6 Å². The maximum atomic E-state index is 13.3. The van der Waals surface area contributed by atoms with Crippen molar-refractivity contribution in [3.05, 3.63) is 95.6 Å². The molecule has 0 saturated heterocycles. The number of amides is 1. The molecule has 1 atom stereocenters. The molecule has 0 radical (unpaired) electrons. The predicted octanol–water partition coefficient (Wildman–Crippen LogP) is 5.32. The smallest absolute Gasteiger partial charge is 0.289 e. The van der Waals surface area contributed by atoms with Gasteiger partial charge in [-0.05, 0) is 66.8 Å². The van der Waals surface area contributed by atoms with E-state index in [-0.39, 0.29) is 23.6 Å². The fourth-order valence-corrected chi connectivity index (χ4v) is 4.07. The van der Waals surface area contributed by atoms with Crippen LogP contribution in [0.3, 0.4) is 0 Å². The lowest BCUT2D eigenvalue weighted by atomic mass is 9.88. The monoisotopic (exact) mass is 412 g/mol. The molecule has 1 amide bonds. The summed E-state index contributed by atoms with van der Waals surface area (Å²) < 4.78 is 13.3. The number of anilines is 2. The Morgan fingerprint density at radius 2 is 1.71 bits per heavy atom. The standard InChI is InChI=1S/C25H21FN4O/c26-17-12-14-18(15-13-17)27-23-20-9-3-4-10-22(20)28-24(30-23)25(31)29-21-11-5-7-16-6-1-2-8-19(16)21/h1-4,6,8-10,12-15,21H,5,7,11H2,(H,29,31)(H,27,28,30)/t21-/m0/s1. The van der Waals surface area contributed by atoms with Crippen molar-refractivity contribution in [1.82, 2.24) is 15.3 Å². The summed E-state index contributed by atoms with van der Waals surface area (Å²) in [6, 6.07) is 21.7. The topological polar surface area (TPSA) is 66.9 Å². The summed E-state index contributed by atoms with van der Waals surface area (Å²) in [4.78, 5) is 22.1. The lowest BCUT2D eigenvalue weighted by Gasteiger charge is -2.26. The highest BCUT2D eigenvalue weighted by Gasteiger charge is 2.23. The molecular weight excluding hydrogens is 391 g/mol. The Labute approximate surface area is 179 Å². The predicted molar refractivity (Wildman–Crippen MR) is 119 cm³/mol. The highest BCUT2D eigenvalue weighted by molar-refractivity contribution is 5.97. The van der Waals surface area contributed by atoms with E-state index in [1.165, 1.54) is 17.7 Å². The molecule has 5 nitrogen and oxygen atoms in total. The quantitative estimate of drug-likeness (QED) is 0.476. The number of carbonyl (C=O) groups excluding carboxylic acids is 1. The molecule has 1 aromatic heterocycles. The molecule has 0 saturated carbocycles. The van der Waals surface area contributed by atoms with Crippen LogP contribution in [0.1, 0.15) is 40.6 Å². The van der Waals surface area contributed by atoms with E-state index in [0.717, 1.165) is 30.2 Å². The van der Waals surface area contributed by atoms with Gasteiger partial charge >= 0.3 is 0 Å². The number of aryl methyl sites for hydroxylation is 1. The number of aromatic nitrogens is 2. The number of hydrogen-bond donors (Lipinski definition) is 2. The van der Waals surface area contributed by atoms with E-state index in [9.17, 15) is 9.18 Å². The molecule has 0 unspecified atom stereocenters. The van der Waals surface area contributed by atoms with Crippen LogP contribution in [0.15, 0.2) is 72.8 Å². The first-order chi connectivity index (χ1) is 15.2. The molecule has 3 aromatic carbocycles. The van der Waals surface area contributed by atoms with Crippen molar-refractivity contribution in [1.29, 1.82) is 0 Å². The van der Waals surface area contributed by atoms with E-state index in [1.807, 2.05) is 36.4 Å². The van der Waals surface area contributed by atoms with Crippen LogP contribution in [0.5, 0.6) is 0 Å². The Morgan fingerprint density at radius 3 is 2.58 bits per heavy atom. The molecule has 1 heterocycles. The van der Waals surface area contributed by atoms with Crippen LogP contribution in [0.2, 0.25) is 0 Å². The van der Waals surface area contributed by atoms with Crippen molar-refractivity contribution < 1.29 is 9.18 Å². The highest BCUT2D eigenvalue weighted by atomic mass is 19.1. The van der Waals surface area contributed by atoms with Gasteiger partial charge in [-0.2, -0.15) is 0 Å². The van der Waals surface area contributed by atoms with Crippen molar-refractivity contribution in [3.63, 3.8) is 0 Å². The first kappa shape index (κ1) is 19.2. The van der Waals surface area contributed by atoms with Gasteiger partial charge in [-0.15, -0.1) is 0 Å². The Bertz CT molecular complexity index is 1260. The van der Waals surface area contributed by atoms with Crippen LogP contribution >= 0.6 is 0 Å². The van der Waals surface area contributed by atoms with E-state index in [1.54, 1.807) is 12.1 Å². The minimum absolute atomic E-state index is 0.0546. The van der Waals surface area contributed by atoms with Gasteiger partial charge in [0.25, 0.3) is 5.91 Å². The van der Waals surface area contributed by atoms with Gasteiger partial charge in [0.15, 0.2) is 0 Å². The largest absolute Gasteiger partial charge is 0.343 e. The second-order valence-electron chi connectivity index (χ2n) is 7.66. The number of para-hydroxylation sites is 1. The summed E-state index contributed by atoms with van der Waals surface area (Å²) in [7, 11) is 0. The first-order valence-electron chi connectivity index (χ1n) is 10.4. The number of halogens is 1. The van der Waals surface area contributed by atoms with Gasteiger partial charge in [0.1, 0.15) is 11.6 Å². The van der Waals surface area contributed by atoms with E-state index >= 15 is 0 Å². The number of fused-ring (bicyclic) bond motifs is 2. The molecule has 154 valence electrons. The van der Waals surface area contributed by atoms with Crippen molar-refractivity contribution in [2.45, 2.75) is 25.3 Å². The third-order valence-electron chi connectivity index (χ3n) is 5.59. The molecule has 0 spiro atoms. The molecule has 31 heavy (non-hydrogen) atoms. The van der Waals surface area contributed by atoms with Crippen LogP contribution in [-0.4, -0.2) is 15.9 Å². The maximum absolute atomic E-state index is 13.3. The third-order valence-corrected chi connectivity index (χ3v) is 5.59. The minimum atomic E-state index is -0.314. The number of carbonyl (C=O) groups is 1. The minimum Gasteiger partial charge on any atom is -0.343 e. The summed E-state index contributed by atoms with van der Waals surface area (Å²) in [5.41, 5.74) is 3.78. The first-order valence-corrected chi connectivity index (χ1v) is 10.4. The SMILES string of the molecule is O=C(N[C@H]1CCCc2ccccc21)c1nc(Nc2ccc(F)cc2)c2ccccc2n1. The summed E-state index contributed by atoms with van der Waals surface area (Å²) in [5, 5.41) is 7.09. The Hall–Kier alpha value is -3.80. The highest BCUT2D eigenvalue weighted by Crippen LogP contribution is 2.30. The number of hydrogen-bond acceptors (Lipinski definition) is 4. The molecule has 0 aliphatic heterocycles. The lowest BCUT2D eigenvalue weighted by Crippen LogP contribution is -2.32.